The van der Waals surface area contributed by atoms with Gasteiger partial charge in [-0.2, -0.15) is 39.5 Å². The molecular formula is C8H9F10O3PS. The average molecular weight is 406 g/mol. The van der Waals surface area contributed by atoms with Gasteiger partial charge in [0.15, 0.2) is 8.03 Å². The van der Waals surface area contributed by atoms with E-state index < -0.39 is 62.0 Å². The highest BCUT2D eigenvalue weighted by atomic mass is 32.2. The second-order valence-corrected chi connectivity index (χ2v) is 6.29. The van der Waals surface area contributed by atoms with Gasteiger partial charge in [-0.05, 0) is 0 Å². The number of hydrogen-bond acceptors (Lipinski definition) is 4. The van der Waals surface area contributed by atoms with Gasteiger partial charge in [-0.3, -0.25) is 9.30 Å². The van der Waals surface area contributed by atoms with Gasteiger partial charge in [0.2, 0.25) is 0 Å². The third-order valence-corrected chi connectivity index (χ3v) is 3.47. The number of halogens is 10. The summed E-state index contributed by atoms with van der Waals surface area (Å²) in [6.07, 6.45) is -17.9. The Labute approximate surface area is 127 Å². The summed E-state index contributed by atoms with van der Waals surface area (Å²) in [5.41, 5.74) is 0. The third kappa shape index (κ3) is 6.31. The third-order valence-electron chi connectivity index (χ3n) is 1.92. The Kier molecular flexibility index (Phi) is 7.72. The first-order valence-corrected chi connectivity index (χ1v) is 8.14. The van der Waals surface area contributed by atoms with Gasteiger partial charge >= 0.3 is 23.5 Å². The van der Waals surface area contributed by atoms with Crippen molar-refractivity contribution in [2.24, 2.45) is 0 Å². The lowest BCUT2D eigenvalue weighted by molar-refractivity contribution is -0.446. The molecule has 0 radical (unpaired) electrons. The van der Waals surface area contributed by atoms with Gasteiger partial charge in [0, 0.05) is 12.4 Å². The van der Waals surface area contributed by atoms with Crippen LogP contribution in [0.5, 0.6) is 0 Å². The standard InChI is InChI=1S/C8H9F10O3PS/c1-22(19)20-2-3-23-5(10,11)4(9)21-8(17,18)6(12,13)7(14,15)16/h4,22H,2-3H2,1H3. The Morgan fingerprint density at radius 1 is 1.04 bits per heavy atom. The Hall–Kier alpha value is -0.200. The van der Waals surface area contributed by atoms with Crippen LogP contribution in [0.1, 0.15) is 0 Å². The smallest absolute Gasteiger partial charge is 0.330 e. The van der Waals surface area contributed by atoms with Crippen LogP contribution in [0.15, 0.2) is 0 Å². The van der Waals surface area contributed by atoms with Gasteiger partial charge in [0.1, 0.15) is 0 Å². The van der Waals surface area contributed by atoms with Crippen LogP contribution in [0.3, 0.4) is 0 Å². The minimum absolute atomic E-state index is 0.629. The van der Waals surface area contributed by atoms with Gasteiger partial charge in [0.05, 0.1) is 6.61 Å². The molecule has 0 rings (SSSR count). The zero-order valence-electron chi connectivity index (χ0n) is 10.9. The normalized spacial score (nSPS) is 17.2. The first-order valence-electron chi connectivity index (χ1n) is 5.34. The number of thioether (sulfide) groups is 1. The molecule has 140 valence electrons. The van der Waals surface area contributed by atoms with E-state index in [-0.39, 0.29) is 0 Å². The Morgan fingerprint density at radius 3 is 1.91 bits per heavy atom. The van der Waals surface area contributed by atoms with Gasteiger partial charge in [-0.15, -0.1) is 0 Å². The fourth-order valence-electron chi connectivity index (χ4n) is 0.866. The molecule has 3 nitrogen and oxygen atoms in total. The minimum Gasteiger partial charge on any atom is -0.330 e. The van der Waals surface area contributed by atoms with E-state index in [0.29, 0.717) is 0 Å². The first-order chi connectivity index (χ1) is 10.0. The molecule has 0 bridgehead atoms. The predicted octanol–water partition coefficient (Wildman–Crippen LogP) is 4.54. The number of hydrogen-bond donors (Lipinski definition) is 0. The highest BCUT2D eigenvalue weighted by molar-refractivity contribution is 8.00. The molecule has 0 spiro atoms. The molecule has 0 aliphatic rings. The van der Waals surface area contributed by atoms with E-state index >= 15 is 0 Å². The number of rotatable bonds is 9. The molecule has 0 N–H and O–H groups in total. The number of ether oxygens (including phenoxy) is 1. The largest absolute Gasteiger partial charge is 0.462 e. The van der Waals surface area contributed by atoms with E-state index in [0.717, 1.165) is 6.66 Å². The van der Waals surface area contributed by atoms with Crippen molar-refractivity contribution in [2.45, 2.75) is 29.8 Å². The van der Waals surface area contributed by atoms with Crippen molar-refractivity contribution >= 4 is 19.8 Å². The van der Waals surface area contributed by atoms with Crippen LogP contribution < -0.4 is 0 Å². The molecule has 2 unspecified atom stereocenters. The van der Waals surface area contributed by atoms with E-state index in [1.165, 1.54) is 0 Å². The summed E-state index contributed by atoms with van der Waals surface area (Å²) in [5, 5.41) is -4.88. The lowest BCUT2D eigenvalue weighted by Crippen LogP contribution is -2.55. The second kappa shape index (κ2) is 7.79. The minimum atomic E-state index is -6.88. The van der Waals surface area contributed by atoms with E-state index in [1.807, 2.05) is 0 Å². The van der Waals surface area contributed by atoms with Crippen molar-refractivity contribution in [3.63, 3.8) is 0 Å². The highest BCUT2D eigenvalue weighted by Crippen LogP contribution is 2.49. The van der Waals surface area contributed by atoms with Gasteiger partial charge in [-0.1, -0.05) is 11.8 Å². The lowest BCUT2D eigenvalue weighted by atomic mass is 10.3. The fraction of sp³-hybridized carbons (Fsp3) is 1.00. The predicted molar refractivity (Wildman–Crippen MR) is 60.2 cm³/mol. The first kappa shape index (κ1) is 22.8. The summed E-state index contributed by atoms with van der Waals surface area (Å²) < 4.78 is 141. The molecule has 0 fully saturated rings. The van der Waals surface area contributed by atoms with Gasteiger partial charge < -0.3 is 4.52 Å². The number of alkyl halides is 10. The summed E-state index contributed by atoms with van der Waals surface area (Å²) >= 11 is -0.753. The highest BCUT2D eigenvalue weighted by Gasteiger charge is 2.75. The molecular weight excluding hydrogens is 397 g/mol. The fourth-order valence-corrected chi connectivity index (χ4v) is 2.02. The van der Waals surface area contributed by atoms with Crippen LogP contribution in [0.2, 0.25) is 0 Å². The maximum Gasteiger partial charge on any atom is 0.462 e. The SMILES string of the molecule is C[PH](=O)OCCSC(F)(F)C(F)OC(F)(F)C(F)(F)C(F)(F)F. The van der Waals surface area contributed by atoms with E-state index in [9.17, 15) is 48.5 Å². The van der Waals surface area contributed by atoms with Crippen LogP contribution >= 0.6 is 19.8 Å². The van der Waals surface area contributed by atoms with Crippen LogP contribution in [0.4, 0.5) is 43.9 Å². The van der Waals surface area contributed by atoms with Crippen LogP contribution in [0, 0.1) is 0 Å². The monoisotopic (exact) mass is 406 g/mol. The van der Waals surface area contributed by atoms with E-state index in [4.69, 9.17) is 0 Å². The molecule has 0 aromatic rings. The molecule has 15 heteroatoms. The summed E-state index contributed by atoms with van der Waals surface area (Å²) in [7, 11) is -2.51. The van der Waals surface area contributed by atoms with Crippen molar-refractivity contribution in [2.75, 3.05) is 19.0 Å². The van der Waals surface area contributed by atoms with Crippen LogP contribution in [-0.2, 0) is 13.8 Å². The van der Waals surface area contributed by atoms with Crippen molar-refractivity contribution in [1.29, 1.82) is 0 Å². The lowest BCUT2D eigenvalue weighted by Gasteiger charge is -2.30. The molecule has 2 atom stereocenters. The van der Waals surface area contributed by atoms with Crippen molar-refractivity contribution in [3.05, 3.63) is 0 Å². The second-order valence-electron chi connectivity index (χ2n) is 3.77. The maximum atomic E-state index is 13.0. The Bertz CT molecular complexity index is 415. The molecule has 0 aromatic carbocycles. The summed E-state index contributed by atoms with van der Waals surface area (Å²) in [4.78, 5) is 0. The molecule has 0 saturated heterocycles. The zero-order valence-corrected chi connectivity index (χ0v) is 12.7. The molecule has 0 amide bonds. The van der Waals surface area contributed by atoms with E-state index in [1.54, 1.807) is 0 Å². The molecule has 0 saturated carbocycles. The van der Waals surface area contributed by atoms with Crippen molar-refractivity contribution < 1.29 is 57.7 Å². The van der Waals surface area contributed by atoms with Crippen molar-refractivity contribution in [3.8, 4) is 0 Å². The van der Waals surface area contributed by atoms with E-state index in [2.05, 4.69) is 9.26 Å². The summed E-state index contributed by atoms with van der Waals surface area (Å²) in [6.45, 7) is 0.449. The topological polar surface area (TPSA) is 35.5 Å². The quantitative estimate of drug-likeness (QED) is 0.320. The average Bonchev–Trinajstić information content (AvgIpc) is 2.32. The summed E-state index contributed by atoms with van der Waals surface area (Å²) in [5.74, 6) is -7.70. The molecule has 23 heavy (non-hydrogen) atoms. The van der Waals surface area contributed by atoms with Gasteiger partial charge in [0.25, 0.3) is 6.36 Å². The zero-order chi connectivity index (χ0) is 18.7. The van der Waals surface area contributed by atoms with Crippen molar-refractivity contribution in [1.82, 2.24) is 0 Å². The Balaban J connectivity index is 4.82. The summed E-state index contributed by atoms with van der Waals surface area (Å²) in [6, 6.07) is 0. The molecule has 0 aliphatic carbocycles. The molecule has 0 aromatic heterocycles. The maximum absolute atomic E-state index is 13.0. The molecule has 0 heterocycles. The van der Waals surface area contributed by atoms with Gasteiger partial charge in [-0.25, -0.2) is 4.39 Å². The van der Waals surface area contributed by atoms with Crippen LogP contribution in [0.25, 0.3) is 0 Å². The van der Waals surface area contributed by atoms with Crippen LogP contribution in [-0.4, -0.2) is 48.8 Å². The molecule has 0 aliphatic heterocycles. The Morgan fingerprint density at radius 2 is 1.52 bits per heavy atom.